The molecule has 2 aromatic heterocycles. The Hall–Kier alpha value is -2.98. The van der Waals surface area contributed by atoms with Crippen molar-refractivity contribution in [3.8, 4) is 23.0 Å². The highest BCUT2D eigenvalue weighted by atomic mass is 32.1. The lowest BCUT2D eigenvalue weighted by Gasteiger charge is -2.31. The lowest BCUT2D eigenvalue weighted by molar-refractivity contribution is -0.924. The van der Waals surface area contributed by atoms with Crippen molar-refractivity contribution in [1.82, 2.24) is 19.7 Å². The van der Waals surface area contributed by atoms with Crippen LogP contribution < -0.4 is 19.3 Å². The second-order valence-electron chi connectivity index (χ2n) is 6.72. The largest absolute Gasteiger partial charge is 0.497 e. The first-order chi connectivity index (χ1) is 14.2. The van der Waals surface area contributed by atoms with Gasteiger partial charge >= 0.3 is 0 Å². The van der Waals surface area contributed by atoms with Crippen LogP contribution in [0.3, 0.4) is 0 Å². The van der Waals surface area contributed by atoms with Gasteiger partial charge < -0.3 is 23.7 Å². The maximum absolute atomic E-state index is 5.74. The average molecular weight is 415 g/mol. The summed E-state index contributed by atoms with van der Waals surface area (Å²) in [6, 6.07) is 7.32. The van der Waals surface area contributed by atoms with Crippen LogP contribution in [0.5, 0.6) is 11.5 Å². The van der Waals surface area contributed by atoms with Crippen molar-refractivity contribution in [2.45, 2.75) is 6.67 Å². The molecule has 1 saturated heterocycles. The summed E-state index contributed by atoms with van der Waals surface area (Å²) in [6.07, 6.45) is 3.54. The van der Waals surface area contributed by atoms with E-state index in [-0.39, 0.29) is 0 Å². The van der Waals surface area contributed by atoms with Gasteiger partial charge in [-0.25, -0.2) is 9.97 Å². The summed E-state index contributed by atoms with van der Waals surface area (Å²) in [5.41, 5.74) is 0.757. The number of anilines is 1. The van der Waals surface area contributed by atoms with Crippen LogP contribution in [0, 0.1) is 4.84 Å². The van der Waals surface area contributed by atoms with E-state index in [0.29, 0.717) is 28.9 Å². The average Bonchev–Trinajstić information content (AvgIpc) is 3.14. The van der Waals surface area contributed by atoms with E-state index in [0.717, 1.165) is 37.7 Å². The molecule has 0 radical (unpaired) electrons. The molecule has 1 aliphatic rings. The van der Waals surface area contributed by atoms with Crippen molar-refractivity contribution >= 4 is 18.2 Å². The first kappa shape index (κ1) is 19.3. The monoisotopic (exact) mass is 415 g/mol. The topological polar surface area (TPSA) is 82.9 Å². The maximum Gasteiger partial charge on any atom is 0.292 e. The normalized spacial score (nSPS) is 14.8. The van der Waals surface area contributed by atoms with Crippen molar-refractivity contribution in [3.63, 3.8) is 0 Å². The second-order valence-corrected chi connectivity index (χ2v) is 7.07. The Kier molecular flexibility index (Phi) is 5.72. The van der Waals surface area contributed by atoms with E-state index in [1.54, 1.807) is 37.4 Å². The van der Waals surface area contributed by atoms with Gasteiger partial charge in [-0.05, 0) is 30.4 Å². The Bertz CT molecular complexity index is 992. The van der Waals surface area contributed by atoms with Crippen molar-refractivity contribution in [1.29, 1.82) is 0 Å². The van der Waals surface area contributed by atoms with Gasteiger partial charge in [0.2, 0.25) is 11.8 Å². The van der Waals surface area contributed by atoms with E-state index in [1.807, 2.05) is 18.2 Å². The third-order valence-electron chi connectivity index (χ3n) is 4.88. The van der Waals surface area contributed by atoms with E-state index in [2.05, 4.69) is 20.0 Å². The van der Waals surface area contributed by atoms with Crippen LogP contribution in [0.15, 0.2) is 41.1 Å². The molecule has 0 spiro atoms. The molecule has 9 nitrogen and oxygen atoms in total. The minimum absolute atomic E-state index is 0.350. The highest BCUT2D eigenvalue weighted by molar-refractivity contribution is 7.71. The molecule has 0 amide bonds. The van der Waals surface area contributed by atoms with Crippen LogP contribution in [0.25, 0.3) is 11.5 Å². The molecule has 1 aliphatic heterocycles. The fraction of sp³-hybridized carbons (Fsp3) is 0.368. The first-order valence-corrected chi connectivity index (χ1v) is 9.74. The van der Waals surface area contributed by atoms with E-state index >= 15 is 0 Å². The minimum atomic E-state index is 0.350. The van der Waals surface area contributed by atoms with E-state index in [9.17, 15) is 0 Å². The second kappa shape index (κ2) is 8.58. The molecule has 0 atom stereocenters. The number of benzene rings is 1. The number of rotatable bonds is 6. The van der Waals surface area contributed by atoms with Crippen LogP contribution in [-0.2, 0) is 6.67 Å². The van der Waals surface area contributed by atoms with Crippen LogP contribution in [0.1, 0.15) is 0 Å². The molecular formula is C19H23N6O3S+. The summed E-state index contributed by atoms with van der Waals surface area (Å²) in [4.78, 5) is 12.6. The zero-order valence-corrected chi connectivity index (χ0v) is 17.2. The smallest absolute Gasteiger partial charge is 0.292 e. The SMILES string of the molecule is COc1cc(OC)cc(-c2nn(C[NH+]3CCN(c4ncccn4)CC3)c(=S)o2)c1. The lowest BCUT2D eigenvalue weighted by atomic mass is 10.2. The summed E-state index contributed by atoms with van der Waals surface area (Å²) < 4.78 is 18.1. The Morgan fingerprint density at radius 3 is 2.34 bits per heavy atom. The Morgan fingerprint density at radius 1 is 1.07 bits per heavy atom. The van der Waals surface area contributed by atoms with Gasteiger partial charge in [0.25, 0.3) is 4.84 Å². The van der Waals surface area contributed by atoms with E-state index in [4.69, 9.17) is 26.1 Å². The number of quaternary nitrogens is 1. The number of ether oxygens (including phenoxy) is 2. The van der Waals surface area contributed by atoms with Crippen LogP contribution in [0.4, 0.5) is 5.95 Å². The molecule has 3 heterocycles. The standard InChI is InChI=1S/C19H22N6O3S/c1-26-15-10-14(11-16(12-15)27-2)17-22-25(19(29)28-17)13-23-6-8-24(9-7-23)18-20-4-3-5-21-18/h3-5,10-12H,6-9,13H2,1-2H3/p+1. The fourth-order valence-electron chi connectivity index (χ4n) is 3.30. The molecule has 1 fully saturated rings. The minimum Gasteiger partial charge on any atom is -0.497 e. The number of piperazine rings is 1. The van der Waals surface area contributed by atoms with E-state index in [1.165, 1.54) is 4.90 Å². The van der Waals surface area contributed by atoms with E-state index < -0.39 is 0 Å². The maximum atomic E-state index is 5.74. The zero-order chi connectivity index (χ0) is 20.2. The Labute approximate surface area is 173 Å². The van der Waals surface area contributed by atoms with Crippen LogP contribution in [-0.4, -0.2) is 60.1 Å². The van der Waals surface area contributed by atoms with Crippen molar-refractivity contribution < 1.29 is 18.8 Å². The number of hydrogen-bond acceptors (Lipinski definition) is 8. The molecule has 0 aliphatic carbocycles. The predicted molar refractivity (Wildman–Crippen MR) is 109 cm³/mol. The molecule has 0 saturated carbocycles. The first-order valence-electron chi connectivity index (χ1n) is 9.33. The molecule has 4 rings (SSSR count). The van der Waals surface area contributed by atoms with Crippen LogP contribution >= 0.6 is 12.2 Å². The van der Waals surface area contributed by atoms with Gasteiger partial charge in [0.1, 0.15) is 11.5 Å². The molecular weight excluding hydrogens is 392 g/mol. The van der Waals surface area contributed by atoms with Gasteiger partial charge in [-0.1, -0.05) is 0 Å². The summed E-state index contributed by atoms with van der Waals surface area (Å²) in [5, 5.41) is 4.58. The zero-order valence-electron chi connectivity index (χ0n) is 16.4. The highest BCUT2D eigenvalue weighted by Crippen LogP contribution is 2.28. The predicted octanol–water partition coefficient (Wildman–Crippen LogP) is 1.04. The third-order valence-corrected chi connectivity index (χ3v) is 5.18. The van der Waals surface area contributed by atoms with Gasteiger partial charge in [0.15, 0.2) is 6.67 Å². The number of methoxy groups -OCH3 is 2. The highest BCUT2D eigenvalue weighted by Gasteiger charge is 2.23. The molecule has 1 N–H and O–H groups in total. The van der Waals surface area contributed by atoms with Gasteiger partial charge in [-0.3, -0.25) is 0 Å². The molecule has 0 bridgehead atoms. The number of hydrogen-bond donors (Lipinski definition) is 1. The molecule has 1 aromatic carbocycles. The lowest BCUT2D eigenvalue weighted by Crippen LogP contribution is -3.14. The molecule has 152 valence electrons. The Morgan fingerprint density at radius 2 is 1.72 bits per heavy atom. The molecule has 10 heteroatoms. The summed E-state index contributed by atoms with van der Waals surface area (Å²) in [7, 11) is 3.21. The van der Waals surface area contributed by atoms with Crippen molar-refractivity contribution in [2.24, 2.45) is 0 Å². The quantitative estimate of drug-likeness (QED) is 0.598. The Balaban J connectivity index is 1.45. The number of nitrogens with zero attached hydrogens (tertiary/aromatic N) is 5. The summed E-state index contributed by atoms with van der Waals surface area (Å²) in [6.45, 7) is 4.28. The summed E-state index contributed by atoms with van der Waals surface area (Å²) >= 11 is 5.39. The number of aromatic nitrogens is 4. The number of nitrogens with one attached hydrogen (secondary N) is 1. The van der Waals surface area contributed by atoms with Crippen molar-refractivity contribution in [2.75, 3.05) is 45.3 Å². The van der Waals surface area contributed by atoms with Gasteiger partial charge in [-0.15, -0.1) is 5.10 Å². The third kappa shape index (κ3) is 4.38. The summed E-state index contributed by atoms with van der Waals surface area (Å²) in [5.74, 6) is 2.56. The molecule has 29 heavy (non-hydrogen) atoms. The van der Waals surface area contributed by atoms with Crippen LogP contribution in [0.2, 0.25) is 0 Å². The molecule has 3 aromatic rings. The van der Waals surface area contributed by atoms with Gasteiger partial charge in [-0.2, -0.15) is 4.68 Å². The van der Waals surface area contributed by atoms with Crippen molar-refractivity contribution in [3.05, 3.63) is 41.5 Å². The van der Waals surface area contributed by atoms with Gasteiger partial charge in [0, 0.05) is 24.0 Å². The van der Waals surface area contributed by atoms with Gasteiger partial charge in [0.05, 0.1) is 40.4 Å². The fourth-order valence-corrected chi connectivity index (χ4v) is 3.49. The molecule has 0 unspecified atom stereocenters.